The number of fused-ring (bicyclic) bond motifs is 1. The number of benzene rings is 1. The molecule has 0 unspecified atom stereocenters. The normalized spacial score (nSPS) is 10.4. The Morgan fingerprint density at radius 1 is 1.37 bits per heavy atom. The van der Waals surface area contributed by atoms with E-state index in [0.717, 1.165) is 29.4 Å². The number of carbonyl (C=O) groups excluding carboxylic acids is 1. The predicted octanol–water partition coefficient (Wildman–Crippen LogP) is 3.37. The van der Waals surface area contributed by atoms with E-state index in [1.54, 1.807) is 13.3 Å². The van der Waals surface area contributed by atoms with Crippen molar-refractivity contribution < 1.29 is 9.53 Å². The van der Waals surface area contributed by atoms with Crippen molar-refractivity contribution in [3.8, 4) is 5.75 Å². The number of pyridine rings is 1. The molecule has 4 nitrogen and oxygen atoms in total. The summed E-state index contributed by atoms with van der Waals surface area (Å²) in [6, 6.07) is 7.46. The molecule has 4 heteroatoms. The van der Waals surface area contributed by atoms with Crippen LogP contribution in [0.1, 0.15) is 26.2 Å². The molecule has 2 aromatic rings. The van der Waals surface area contributed by atoms with Crippen molar-refractivity contribution in [1.82, 2.24) is 4.98 Å². The average molecular weight is 258 g/mol. The lowest BCUT2D eigenvalue weighted by molar-refractivity contribution is -0.116. The monoisotopic (exact) mass is 258 g/mol. The molecule has 0 spiro atoms. The summed E-state index contributed by atoms with van der Waals surface area (Å²) in [7, 11) is 1.61. The zero-order valence-electron chi connectivity index (χ0n) is 11.3. The van der Waals surface area contributed by atoms with Gasteiger partial charge >= 0.3 is 0 Å². The van der Waals surface area contributed by atoms with Crippen LogP contribution in [0.4, 0.5) is 5.69 Å². The van der Waals surface area contributed by atoms with Gasteiger partial charge < -0.3 is 10.1 Å². The van der Waals surface area contributed by atoms with Gasteiger partial charge in [0, 0.05) is 18.0 Å². The van der Waals surface area contributed by atoms with Gasteiger partial charge in [-0.2, -0.15) is 0 Å². The molecule has 0 aliphatic carbocycles. The van der Waals surface area contributed by atoms with Gasteiger partial charge in [-0.25, -0.2) is 0 Å². The standard InChI is InChI=1S/C15H18N2O2/c1-3-4-7-14(18)17-12-8-9-13(19-2)15-11(12)6-5-10-16-15/h5-6,8-10H,3-4,7H2,1-2H3,(H,17,18). The number of aromatic nitrogens is 1. The van der Waals surface area contributed by atoms with E-state index < -0.39 is 0 Å². The van der Waals surface area contributed by atoms with Crippen LogP contribution in [0, 0.1) is 0 Å². The summed E-state index contributed by atoms with van der Waals surface area (Å²) in [6.07, 6.45) is 4.17. The number of rotatable bonds is 5. The second-order valence-electron chi connectivity index (χ2n) is 4.37. The van der Waals surface area contributed by atoms with Crippen LogP contribution in [0.3, 0.4) is 0 Å². The molecular weight excluding hydrogens is 240 g/mol. The van der Waals surface area contributed by atoms with Gasteiger partial charge in [-0.1, -0.05) is 13.3 Å². The average Bonchev–Trinajstić information content (AvgIpc) is 2.45. The van der Waals surface area contributed by atoms with Crippen LogP contribution in [0.15, 0.2) is 30.5 Å². The van der Waals surface area contributed by atoms with Crippen molar-refractivity contribution in [2.45, 2.75) is 26.2 Å². The number of nitrogens with zero attached hydrogens (tertiary/aromatic N) is 1. The van der Waals surface area contributed by atoms with Gasteiger partial charge in [0.1, 0.15) is 11.3 Å². The Labute approximate surface area is 112 Å². The lowest BCUT2D eigenvalue weighted by Gasteiger charge is -2.10. The molecule has 1 N–H and O–H groups in total. The summed E-state index contributed by atoms with van der Waals surface area (Å²) in [6.45, 7) is 2.07. The molecule has 2 rings (SSSR count). The Hall–Kier alpha value is -2.10. The summed E-state index contributed by atoms with van der Waals surface area (Å²) >= 11 is 0. The Morgan fingerprint density at radius 2 is 2.21 bits per heavy atom. The molecule has 0 bridgehead atoms. The minimum Gasteiger partial charge on any atom is -0.494 e. The van der Waals surface area contributed by atoms with Crippen LogP contribution in [-0.4, -0.2) is 18.0 Å². The maximum absolute atomic E-state index is 11.8. The molecule has 0 fully saturated rings. The first-order chi connectivity index (χ1) is 9.26. The van der Waals surface area contributed by atoms with E-state index in [1.165, 1.54) is 0 Å². The highest BCUT2D eigenvalue weighted by Crippen LogP contribution is 2.29. The maximum atomic E-state index is 11.8. The summed E-state index contributed by atoms with van der Waals surface area (Å²) in [4.78, 5) is 16.1. The highest BCUT2D eigenvalue weighted by Gasteiger charge is 2.09. The molecule has 0 aliphatic heterocycles. The quantitative estimate of drug-likeness (QED) is 0.894. The van der Waals surface area contributed by atoms with E-state index in [1.807, 2.05) is 24.3 Å². The second-order valence-corrected chi connectivity index (χ2v) is 4.37. The topological polar surface area (TPSA) is 51.2 Å². The predicted molar refractivity (Wildman–Crippen MR) is 76.4 cm³/mol. The summed E-state index contributed by atoms with van der Waals surface area (Å²) in [5, 5.41) is 3.83. The molecule has 1 aromatic carbocycles. The molecule has 1 amide bonds. The van der Waals surface area contributed by atoms with Gasteiger partial charge in [-0.3, -0.25) is 9.78 Å². The number of carbonyl (C=O) groups is 1. The number of hydrogen-bond donors (Lipinski definition) is 1. The van der Waals surface area contributed by atoms with Crippen molar-refractivity contribution in [3.63, 3.8) is 0 Å². The molecule has 1 heterocycles. The first-order valence-corrected chi connectivity index (χ1v) is 6.47. The lowest BCUT2D eigenvalue weighted by atomic mass is 10.1. The molecule has 19 heavy (non-hydrogen) atoms. The molecule has 0 atom stereocenters. The number of ether oxygens (including phenoxy) is 1. The molecule has 0 aliphatic rings. The van der Waals surface area contributed by atoms with Gasteiger partial charge in [-0.05, 0) is 30.7 Å². The number of amides is 1. The van der Waals surface area contributed by atoms with E-state index in [4.69, 9.17) is 4.74 Å². The van der Waals surface area contributed by atoms with Crippen molar-refractivity contribution in [2.24, 2.45) is 0 Å². The lowest BCUT2D eigenvalue weighted by Crippen LogP contribution is -2.11. The van der Waals surface area contributed by atoms with Crippen LogP contribution < -0.4 is 10.1 Å². The van der Waals surface area contributed by atoms with E-state index in [0.29, 0.717) is 12.2 Å². The van der Waals surface area contributed by atoms with Gasteiger partial charge in [0.25, 0.3) is 0 Å². The Morgan fingerprint density at radius 3 is 2.95 bits per heavy atom. The summed E-state index contributed by atoms with van der Waals surface area (Å²) in [5.74, 6) is 0.749. The molecular formula is C15H18N2O2. The summed E-state index contributed by atoms with van der Waals surface area (Å²) in [5.41, 5.74) is 1.54. The van der Waals surface area contributed by atoms with E-state index >= 15 is 0 Å². The molecule has 1 aromatic heterocycles. The van der Waals surface area contributed by atoms with E-state index in [9.17, 15) is 4.79 Å². The first-order valence-electron chi connectivity index (χ1n) is 6.47. The molecule has 0 radical (unpaired) electrons. The van der Waals surface area contributed by atoms with Gasteiger partial charge in [0.2, 0.25) is 5.91 Å². The van der Waals surface area contributed by atoms with Crippen molar-refractivity contribution >= 4 is 22.5 Å². The van der Waals surface area contributed by atoms with Crippen molar-refractivity contribution in [1.29, 1.82) is 0 Å². The van der Waals surface area contributed by atoms with Gasteiger partial charge in [-0.15, -0.1) is 0 Å². The Kier molecular flexibility index (Phi) is 4.34. The number of anilines is 1. The number of methoxy groups -OCH3 is 1. The van der Waals surface area contributed by atoms with E-state index in [-0.39, 0.29) is 5.91 Å². The van der Waals surface area contributed by atoms with Crippen LogP contribution in [0.5, 0.6) is 5.75 Å². The van der Waals surface area contributed by atoms with Crippen LogP contribution >= 0.6 is 0 Å². The largest absolute Gasteiger partial charge is 0.494 e. The zero-order chi connectivity index (χ0) is 13.7. The molecule has 0 saturated carbocycles. The molecule has 100 valence electrons. The minimum absolute atomic E-state index is 0.0390. The fourth-order valence-corrected chi connectivity index (χ4v) is 1.97. The molecule has 0 saturated heterocycles. The van der Waals surface area contributed by atoms with E-state index in [2.05, 4.69) is 17.2 Å². The number of nitrogens with one attached hydrogen (secondary N) is 1. The van der Waals surface area contributed by atoms with Crippen molar-refractivity contribution in [3.05, 3.63) is 30.5 Å². The fourth-order valence-electron chi connectivity index (χ4n) is 1.97. The highest BCUT2D eigenvalue weighted by atomic mass is 16.5. The van der Waals surface area contributed by atoms with Crippen LogP contribution in [0.25, 0.3) is 10.9 Å². The minimum atomic E-state index is 0.0390. The number of hydrogen-bond acceptors (Lipinski definition) is 3. The van der Waals surface area contributed by atoms with Gasteiger partial charge in [0.05, 0.1) is 12.8 Å². The third-order valence-corrected chi connectivity index (χ3v) is 2.98. The number of unbranched alkanes of at least 4 members (excludes halogenated alkanes) is 1. The van der Waals surface area contributed by atoms with Crippen molar-refractivity contribution in [2.75, 3.05) is 12.4 Å². The SMILES string of the molecule is CCCCC(=O)Nc1ccc(OC)c2ncccc12. The summed E-state index contributed by atoms with van der Waals surface area (Å²) < 4.78 is 5.28. The van der Waals surface area contributed by atoms with Crippen LogP contribution in [-0.2, 0) is 4.79 Å². The second kappa shape index (κ2) is 6.18. The maximum Gasteiger partial charge on any atom is 0.224 e. The third kappa shape index (κ3) is 3.02. The zero-order valence-corrected chi connectivity index (χ0v) is 11.3. The smallest absolute Gasteiger partial charge is 0.224 e. The van der Waals surface area contributed by atoms with Crippen LogP contribution in [0.2, 0.25) is 0 Å². The third-order valence-electron chi connectivity index (χ3n) is 2.98. The Balaban J connectivity index is 2.31. The van der Waals surface area contributed by atoms with Gasteiger partial charge in [0.15, 0.2) is 0 Å². The first kappa shape index (κ1) is 13.3. The fraction of sp³-hybridized carbons (Fsp3) is 0.333. The Bertz CT molecular complexity index is 581. The highest BCUT2D eigenvalue weighted by molar-refractivity contribution is 6.02.